The van der Waals surface area contributed by atoms with E-state index >= 15 is 0 Å². The molecule has 3 saturated heterocycles. The maximum Gasteiger partial charge on any atom is 0.318 e. The lowest BCUT2D eigenvalue weighted by molar-refractivity contribution is -0.0856. The second kappa shape index (κ2) is 10.3. The third-order valence-electron chi connectivity index (χ3n) is 9.79. The molecule has 0 amide bonds. The third kappa shape index (κ3) is 4.84. The molecule has 7 rings (SSSR count). The Hall–Kier alpha value is -2.60. The zero-order valence-electron chi connectivity index (χ0n) is 23.4. The highest BCUT2D eigenvalue weighted by molar-refractivity contribution is 5.54. The predicted octanol–water partition coefficient (Wildman–Crippen LogP) is 2.86. The molecule has 5 heterocycles. The minimum atomic E-state index is -1.64. The van der Waals surface area contributed by atoms with Gasteiger partial charge in [0, 0.05) is 37.2 Å². The SMILES string of the molecule is Nc1ccc2c(c1)C1(CCC2)Cc2nc(OCC34CCCN3CC(F)C4)nc(N3CCOCC(O)(CF)C3)c2CO1. The predicted molar refractivity (Wildman–Crippen MR) is 148 cm³/mol. The number of nitrogens with zero attached hydrogens (tertiary/aromatic N) is 4. The lowest BCUT2D eigenvalue weighted by Gasteiger charge is -2.43. The summed E-state index contributed by atoms with van der Waals surface area (Å²) >= 11 is 0. The fraction of sp³-hybridized carbons (Fsp3) is 0.667. The zero-order chi connectivity index (χ0) is 28.2. The Kier molecular flexibility index (Phi) is 6.84. The second-order valence-electron chi connectivity index (χ2n) is 12.7. The molecule has 9 nitrogen and oxygen atoms in total. The van der Waals surface area contributed by atoms with Crippen LogP contribution in [-0.2, 0) is 34.5 Å². The number of aliphatic hydroxyl groups is 1. The van der Waals surface area contributed by atoms with E-state index in [0.29, 0.717) is 50.7 Å². The van der Waals surface area contributed by atoms with Gasteiger partial charge in [0.1, 0.15) is 30.9 Å². The summed E-state index contributed by atoms with van der Waals surface area (Å²) in [4.78, 5) is 13.8. The molecule has 0 radical (unpaired) electrons. The summed E-state index contributed by atoms with van der Waals surface area (Å²) < 4.78 is 46.9. The monoisotopic (exact) mass is 571 g/mol. The number of anilines is 2. The van der Waals surface area contributed by atoms with Crippen molar-refractivity contribution >= 4 is 11.5 Å². The number of β-amino-alcohol motifs (C(OH)–C–C–N with tert-alkyl or cyclic N) is 1. The molecule has 1 aromatic carbocycles. The lowest BCUT2D eigenvalue weighted by atomic mass is 9.74. The molecule has 1 spiro atoms. The Balaban J connectivity index is 1.26. The number of aryl methyl sites for hydroxylation is 1. The Morgan fingerprint density at radius 3 is 2.98 bits per heavy atom. The summed E-state index contributed by atoms with van der Waals surface area (Å²) in [5.41, 5.74) is 8.33. The molecule has 222 valence electrons. The summed E-state index contributed by atoms with van der Waals surface area (Å²) in [6.07, 6.45) is 4.82. The summed E-state index contributed by atoms with van der Waals surface area (Å²) in [5.74, 6) is 0.566. The number of alkyl halides is 2. The number of nitrogens with two attached hydrogens (primary N) is 1. The quantitative estimate of drug-likeness (QED) is 0.524. The van der Waals surface area contributed by atoms with Crippen LogP contribution in [0.5, 0.6) is 6.01 Å². The van der Waals surface area contributed by atoms with Gasteiger partial charge in [0.05, 0.1) is 43.2 Å². The van der Waals surface area contributed by atoms with E-state index in [1.54, 1.807) is 0 Å². The molecule has 0 saturated carbocycles. The molecule has 5 aliphatic rings. The fourth-order valence-corrected chi connectivity index (χ4v) is 7.74. The van der Waals surface area contributed by atoms with Crippen LogP contribution in [0.4, 0.5) is 20.3 Å². The van der Waals surface area contributed by atoms with Crippen LogP contribution in [0.3, 0.4) is 0 Å². The molecule has 1 aliphatic carbocycles. The molecule has 4 atom stereocenters. The van der Waals surface area contributed by atoms with E-state index in [2.05, 4.69) is 11.0 Å². The van der Waals surface area contributed by atoms with Crippen LogP contribution in [0.2, 0.25) is 0 Å². The Bertz CT molecular complexity index is 1320. The molecule has 3 N–H and O–H groups in total. The van der Waals surface area contributed by atoms with Gasteiger partial charge in [-0.05, 0) is 61.9 Å². The molecule has 2 aromatic rings. The van der Waals surface area contributed by atoms with Crippen LogP contribution in [0.25, 0.3) is 0 Å². The standard InChI is InChI=1S/C30H39F2N5O4/c31-16-29(38)17-36(9-10-39-19-29)26-23-15-41-30(7-1-3-20-4-5-22(33)11-24(20)30)13-25(23)34-27(35-26)40-18-28-6-2-8-37(28)14-21(32)12-28/h4-5,11,21,38H,1-3,6-10,12-19,33H2. The van der Waals surface area contributed by atoms with E-state index in [9.17, 15) is 13.9 Å². The van der Waals surface area contributed by atoms with Gasteiger partial charge in [-0.2, -0.15) is 9.97 Å². The number of aromatic nitrogens is 2. The van der Waals surface area contributed by atoms with Crippen LogP contribution in [0, 0.1) is 0 Å². The van der Waals surface area contributed by atoms with Crippen molar-refractivity contribution < 1.29 is 28.1 Å². The zero-order valence-corrected chi connectivity index (χ0v) is 23.4. The minimum Gasteiger partial charge on any atom is -0.461 e. The van der Waals surface area contributed by atoms with Crippen LogP contribution < -0.4 is 15.4 Å². The first-order valence-corrected chi connectivity index (χ1v) is 14.9. The van der Waals surface area contributed by atoms with Crippen LogP contribution >= 0.6 is 0 Å². The number of benzene rings is 1. The molecular weight excluding hydrogens is 532 g/mol. The van der Waals surface area contributed by atoms with Crippen molar-refractivity contribution in [1.29, 1.82) is 0 Å². The molecule has 3 fully saturated rings. The van der Waals surface area contributed by atoms with Gasteiger partial charge in [-0.1, -0.05) is 6.07 Å². The van der Waals surface area contributed by atoms with Crippen molar-refractivity contribution in [2.75, 3.05) is 63.3 Å². The molecule has 41 heavy (non-hydrogen) atoms. The van der Waals surface area contributed by atoms with E-state index in [-0.39, 0.29) is 31.3 Å². The van der Waals surface area contributed by atoms with Gasteiger partial charge in [-0.3, -0.25) is 4.90 Å². The maximum absolute atomic E-state index is 14.4. The van der Waals surface area contributed by atoms with E-state index in [1.807, 2.05) is 17.0 Å². The lowest BCUT2D eigenvalue weighted by Crippen LogP contribution is -2.47. The van der Waals surface area contributed by atoms with Gasteiger partial charge in [0.2, 0.25) is 0 Å². The smallest absolute Gasteiger partial charge is 0.318 e. The van der Waals surface area contributed by atoms with Gasteiger partial charge in [-0.15, -0.1) is 0 Å². The van der Waals surface area contributed by atoms with Gasteiger partial charge < -0.3 is 30.0 Å². The van der Waals surface area contributed by atoms with E-state index in [4.69, 9.17) is 29.9 Å². The highest BCUT2D eigenvalue weighted by atomic mass is 19.1. The summed E-state index contributed by atoms with van der Waals surface area (Å²) in [6, 6.07) is 6.27. The van der Waals surface area contributed by atoms with E-state index in [1.165, 1.54) is 5.56 Å². The van der Waals surface area contributed by atoms with Crippen molar-refractivity contribution in [3.8, 4) is 6.01 Å². The molecular formula is C30H39F2N5O4. The Morgan fingerprint density at radius 1 is 1.20 bits per heavy atom. The third-order valence-corrected chi connectivity index (χ3v) is 9.79. The highest BCUT2D eigenvalue weighted by Gasteiger charge is 2.50. The average molecular weight is 572 g/mol. The molecule has 1 aromatic heterocycles. The van der Waals surface area contributed by atoms with Gasteiger partial charge in [-0.25, -0.2) is 8.78 Å². The summed E-state index contributed by atoms with van der Waals surface area (Å²) in [7, 11) is 0. The highest BCUT2D eigenvalue weighted by Crippen LogP contribution is 2.47. The Labute approximate surface area is 239 Å². The van der Waals surface area contributed by atoms with E-state index in [0.717, 1.165) is 55.5 Å². The molecule has 4 unspecified atom stereocenters. The first-order valence-electron chi connectivity index (χ1n) is 14.9. The summed E-state index contributed by atoms with van der Waals surface area (Å²) in [6.45, 7) is 1.66. The summed E-state index contributed by atoms with van der Waals surface area (Å²) in [5, 5.41) is 10.9. The second-order valence-corrected chi connectivity index (χ2v) is 12.7. The normalized spacial score (nSPS) is 33.3. The van der Waals surface area contributed by atoms with Gasteiger partial charge in [0.25, 0.3) is 0 Å². The molecule has 4 aliphatic heterocycles. The van der Waals surface area contributed by atoms with Crippen LogP contribution in [-0.4, -0.2) is 90.0 Å². The number of rotatable bonds is 5. The maximum atomic E-state index is 14.4. The number of fused-ring (bicyclic) bond motifs is 4. The Morgan fingerprint density at radius 2 is 2.10 bits per heavy atom. The minimum absolute atomic E-state index is 0.0259. The van der Waals surface area contributed by atoms with Crippen LogP contribution in [0.1, 0.15) is 54.5 Å². The number of nitrogen functional groups attached to an aromatic ring is 1. The average Bonchev–Trinajstić information content (AvgIpc) is 3.41. The molecule has 0 bridgehead atoms. The van der Waals surface area contributed by atoms with E-state index < -0.39 is 24.0 Å². The van der Waals surface area contributed by atoms with Crippen molar-refractivity contribution in [1.82, 2.24) is 14.9 Å². The van der Waals surface area contributed by atoms with Crippen molar-refractivity contribution in [3.63, 3.8) is 0 Å². The molecule has 11 heteroatoms. The number of halogens is 2. The van der Waals surface area contributed by atoms with Gasteiger partial charge >= 0.3 is 6.01 Å². The number of hydrogen-bond acceptors (Lipinski definition) is 9. The topological polar surface area (TPSA) is 106 Å². The first-order chi connectivity index (χ1) is 19.8. The van der Waals surface area contributed by atoms with Crippen molar-refractivity contribution in [2.45, 2.75) is 74.5 Å². The van der Waals surface area contributed by atoms with Crippen LogP contribution in [0.15, 0.2) is 18.2 Å². The largest absolute Gasteiger partial charge is 0.461 e. The van der Waals surface area contributed by atoms with Crippen molar-refractivity contribution in [3.05, 3.63) is 40.6 Å². The fourth-order valence-electron chi connectivity index (χ4n) is 7.74. The number of ether oxygens (including phenoxy) is 3. The van der Waals surface area contributed by atoms with Crippen molar-refractivity contribution in [2.24, 2.45) is 0 Å². The van der Waals surface area contributed by atoms with Gasteiger partial charge in [0.15, 0.2) is 0 Å². The number of hydrogen-bond donors (Lipinski definition) is 2. The first kappa shape index (κ1) is 27.2.